The van der Waals surface area contributed by atoms with E-state index < -0.39 is 14.9 Å². The molecular formula is C12H18ClN3O5S. The molecule has 22 heavy (non-hydrogen) atoms. The second-order valence-corrected chi connectivity index (χ2v) is 6.44. The average molecular weight is 352 g/mol. The van der Waals surface area contributed by atoms with Crippen LogP contribution >= 0.6 is 12.4 Å². The molecule has 0 radical (unpaired) electrons. The first-order valence-corrected chi connectivity index (χ1v) is 7.98. The standard InChI is InChI=1S/C12H17N3O5S.ClH/c1-20-11-5-4-10(15(16)17)7-12(11)21(18,19)14-9-3-2-6-13-8-9;/h4-5,7,9,13-14H,2-3,6,8H2,1H3;1H/t9-;/m1./s1. The van der Waals surface area contributed by atoms with Crippen molar-refractivity contribution in [2.45, 2.75) is 23.8 Å². The normalized spacial score (nSPS) is 18.3. The van der Waals surface area contributed by atoms with E-state index in [1.165, 1.54) is 19.2 Å². The van der Waals surface area contributed by atoms with E-state index in [0.29, 0.717) is 6.54 Å². The highest BCUT2D eigenvalue weighted by Gasteiger charge is 2.26. The second-order valence-electron chi connectivity index (χ2n) is 4.76. The zero-order valence-electron chi connectivity index (χ0n) is 11.9. The minimum Gasteiger partial charge on any atom is -0.495 e. The number of non-ortho nitro benzene ring substituents is 1. The van der Waals surface area contributed by atoms with Crippen LogP contribution in [0.2, 0.25) is 0 Å². The van der Waals surface area contributed by atoms with Crippen molar-refractivity contribution in [2.24, 2.45) is 0 Å². The van der Waals surface area contributed by atoms with Crippen LogP contribution in [0.4, 0.5) is 5.69 Å². The van der Waals surface area contributed by atoms with Gasteiger partial charge < -0.3 is 10.1 Å². The molecule has 1 saturated heterocycles. The largest absolute Gasteiger partial charge is 0.495 e. The maximum Gasteiger partial charge on any atom is 0.271 e. The lowest BCUT2D eigenvalue weighted by molar-refractivity contribution is -0.385. The molecule has 10 heteroatoms. The van der Waals surface area contributed by atoms with Gasteiger partial charge in [-0.15, -0.1) is 12.4 Å². The van der Waals surface area contributed by atoms with Crippen LogP contribution in [0.3, 0.4) is 0 Å². The predicted molar refractivity (Wildman–Crippen MR) is 83.1 cm³/mol. The summed E-state index contributed by atoms with van der Waals surface area (Å²) in [6, 6.07) is 3.27. The Kier molecular flexibility index (Phi) is 6.54. The molecule has 1 aliphatic heterocycles. The maximum absolute atomic E-state index is 12.4. The van der Waals surface area contributed by atoms with Crippen molar-refractivity contribution in [3.8, 4) is 5.75 Å². The zero-order chi connectivity index (χ0) is 15.5. The van der Waals surface area contributed by atoms with E-state index >= 15 is 0 Å². The number of benzene rings is 1. The van der Waals surface area contributed by atoms with Crippen molar-refractivity contribution in [3.63, 3.8) is 0 Å². The first kappa shape index (κ1) is 18.6. The summed E-state index contributed by atoms with van der Waals surface area (Å²) in [6.45, 7) is 1.40. The summed E-state index contributed by atoms with van der Waals surface area (Å²) in [5.41, 5.74) is -0.294. The van der Waals surface area contributed by atoms with Crippen LogP contribution in [0.1, 0.15) is 12.8 Å². The summed E-state index contributed by atoms with van der Waals surface area (Å²) in [4.78, 5) is 9.95. The van der Waals surface area contributed by atoms with Gasteiger partial charge in [0.1, 0.15) is 10.6 Å². The third kappa shape index (κ3) is 4.29. The number of nitrogens with zero attached hydrogens (tertiary/aromatic N) is 1. The molecule has 0 bridgehead atoms. The number of sulfonamides is 1. The second kappa shape index (κ2) is 7.73. The molecule has 8 nitrogen and oxygen atoms in total. The lowest BCUT2D eigenvalue weighted by Gasteiger charge is -2.23. The summed E-state index contributed by atoms with van der Waals surface area (Å²) < 4.78 is 32.4. The number of halogens is 1. The number of nitro benzene ring substituents is 1. The molecule has 0 spiro atoms. The molecule has 0 aromatic heterocycles. The molecule has 0 saturated carbocycles. The summed E-state index contributed by atoms with van der Waals surface area (Å²) in [7, 11) is -2.56. The number of hydrogen-bond acceptors (Lipinski definition) is 6. The first-order valence-electron chi connectivity index (χ1n) is 6.49. The van der Waals surface area contributed by atoms with Crippen molar-refractivity contribution < 1.29 is 18.1 Å². The van der Waals surface area contributed by atoms with Crippen LogP contribution in [0, 0.1) is 10.1 Å². The van der Waals surface area contributed by atoms with Crippen molar-refractivity contribution >= 4 is 28.1 Å². The molecule has 1 aliphatic rings. The quantitative estimate of drug-likeness (QED) is 0.606. The molecule has 1 fully saturated rings. The fraction of sp³-hybridized carbons (Fsp3) is 0.500. The van der Waals surface area contributed by atoms with Gasteiger partial charge in [-0.25, -0.2) is 13.1 Å². The zero-order valence-corrected chi connectivity index (χ0v) is 13.6. The third-order valence-corrected chi connectivity index (χ3v) is 4.81. The molecule has 0 unspecified atom stereocenters. The van der Waals surface area contributed by atoms with Crippen molar-refractivity contribution in [1.29, 1.82) is 0 Å². The Balaban J connectivity index is 0.00000242. The summed E-state index contributed by atoms with van der Waals surface area (Å²) >= 11 is 0. The van der Waals surface area contributed by atoms with Crippen LogP contribution in [0.25, 0.3) is 0 Å². The maximum atomic E-state index is 12.4. The number of nitro groups is 1. The molecular weight excluding hydrogens is 334 g/mol. The van der Waals surface area contributed by atoms with Gasteiger partial charge in [-0.05, 0) is 25.5 Å². The smallest absolute Gasteiger partial charge is 0.271 e. The third-order valence-electron chi connectivity index (χ3n) is 3.27. The van der Waals surface area contributed by atoms with E-state index in [1.807, 2.05) is 0 Å². The number of rotatable bonds is 5. The number of piperidine rings is 1. The fourth-order valence-corrected chi connectivity index (χ4v) is 3.68. The van der Waals surface area contributed by atoms with Crippen LogP contribution in [0.15, 0.2) is 23.1 Å². The van der Waals surface area contributed by atoms with Crippen LogP contribution < -0.4 is 14.8 Å². The summed E-state index contributed by atoms with van der Waals surface area (Å²) in [6.07, 6.45) is 1.60. The van der Waals surface area contributed by atoms with Crippen LogP contribution in [-0.4, -0.2) is 39.6 Å². The Morgan fingerprint density at radius 2 is 2.18 bits per heavy atom. The number of methoxy groups -OCH3 is 1. The number of hydrogen-bond donors (Lipinski definition) is 2. The molecule has 124 valence electrons. The highest BCUT2D eigenvalue weighted by molar-refractivity contribution is 7.89. The van der Waals surface area contributed by atoms with Gasteiger partial charge in [-0.1, -0.05) is 0 Å². The van der Waals surface area contributed by atoms with Gasteiger partial charge in [-0.2, -0.15) is 0 Å². The topological polar surface area (TPSA) is 111 Å². The molecule has 0 amide bonds. The Hall–Kier alpha value is -1.42. The molecule has 1 aromatic carbocycles. The Morgan fingerprint density at radius 3 is 2.73 bits per heavy atom. The van der Waals surface area contributed by atoms with Gasteiger partial charge in [0.15, 0.2) is 0 Å². The predicted octanol–water partition coefficient (Wildman–Crippen LogP) is 1.06. The lowest BCUT2D eigenvalue weighted by Crippen LogP contribution is -2.45. The molecule has 1 atom stereocenters. The van der Waals surface area contributed by atoms with Crippen LogP contribution in [0.5, 0.6) is 5.75 Å². The molecule has 2 N–H and O–H groups in total. The van der Waals surface area contributed by atoms with Gasteiger partial charge in [-0.3, -0.25) is 10.1 Å². The van der Waals surface area contributed by atoms with E-state index in [4.69, 9.17) is 4.74 Å². The van der Waals surface area contributed by atoms with Gasteiger partial charge in [0, 0.05) is 24.7 Å². The molecule has 1 aromatic rings. The van der Waals surface area contributed by atoms with E-state index in [-0.39, 0.29) is 34.8 Å². The number of nitrogens with one attached hydrogen (secondary N) is 2. The van der Waals surface area contributed by atoms with Crippen molar-refractivity contribution in [2.75, 3.05) is 20.2 Å². The molecule has 1 heterocycles. The fourth-order valence-electron chi connectivity index (χ4n) is 2.22. The van der Waals surface area contributed by atoms with E-state index in [2.05, 4.69) is 10.0 Å². The Bertz CT molecular complexity index is 632. The number of ether oxygens (including phenoxy) is 1. The van der Waals surface area contributed by atoms with E-state index in [0.717, 1.165) is 25.5 Å². The van der Waals surface area contributed by atoms with Gasteiger partial charge in [0.05, 0.1) is 12.0 Å². The molecule has 0 aliphatic carbocycles. The summed E-state index contributed by atoms with van der Waals surface area (Å²) in [5.74, 6) is 0.0804. The van der Waals surface area contributed by atoms with Gasteiger partial charge in [0.25, 0.3) is 5.69 Å². The Labute approximate surface area is 134 Å². The van der Waals surface area contributed by atoms with Crippen molar-refractivity contribution in [1.82, 2.24) is 10.0 Å². The lowest BCUT2D eigenvalue weighted by atomic mass is 10.1. The van der Waals surface area contributed by atoms with Crippen molar-refractivity contribution in [3.05, 3.63) is 28.3 Å². The summed E-state index contributed by atoms with van der Waals surface area (Å²) in [5, 5.41) is 13.9. The highest BCUT2D eigenvalue weighted by Crippen LogP contribution is 2.28. The van der Waals surface area contributed by atoms with Gasteiger partial charge in [0.2, 0.25) is 10.0 Å². The highest BCUT2D eigenvalue weighted by atomic mass is 35.5. The van der Waals surface area contributed by atoms with E-state index in [1.54, 1.807) is 0 Å². The first-order chi connectivity index (χ1) is 9.94. The van der Waals surface area contributed by atoms with E-state index in [9.17, 15) is 18.5 Å². The molecule has 2 rings (SSSR count). The van der Waals surface area contributed by atoms with Gasteiger partial charge >= 0.3 is 0 Å². The monoisotopic (exact) mass is 351 g/mol. The Morgan fingerprint density at radius 1 is 1.45 bits per heavy atom. The minimum atomic E-state index is -3.88. The minimum absolute atomic E-state index is 0. The van der Waals surface area contributed by atoms with Crippen LogP contribution in [-0.2, 0) is 10.0 Å². The average Bonchev–Trinajstić information content (AvgIpc) is 2.47. The SMILES string of the molecule is COc1ccc([N+](=O)[O-])cc1S(=O)(=O)N[C@@H]1CCCNC1.Cl.